The molecule has 1 aliphatic carbocycles. The highest BCUT2D eigenvalue weighted by molar-refractivity contribution is 5.90. The number of hydrogen-bond donors (Lipinski definition) is 1. The molecule has 1 aliphatic rings. The molecule has 0 unspecified atom stereocenters. The van der Waals surface area contributed by atoms with Gasteiger partial charge in [-0.3, -0.25) is 9.89 Å². The third-order valence-electron chi connectivity index (χ3n) is 2.75. The lowest BCUT2D eigenvalue weighted by atomic mass is 10.3. The van der Waals surface area contributed by atoms with Gasteiger partial charge in [-0.25, -0.2) is 4.98 Å². The van der Waals surface area contributed by atoms with Crippen LogP contribution < -0.4 is 0 Å². The van der Waals surface area contributed by atoms with E-state index in [1.807, 2.05) is 13.8 Å². The summed E-state index contributed by atoms with van der Waals surface area (Å²) in [6.07, 6.45) is 2.31. The summed E-state index contributed by atoms with van der Waals surface area (Å²) in [4.78, 5) is 17.7. The van der Waals surface area contributed by atoms with Gasteiger partial charge in [-0.05, 0) is 26.7 Å². The molecule has 0 bridgehead atoms. The van der Waals surface area contributed by atoms with Crippen molar-refractivity contribution in [3.05, 3.63) is 11.6 Å². The first-order valence-electron chi connectivity index (χ1n) is 5.29. The summed E-state index contributed by atoms with van der Waals surface area (Å²) >= 11 is 0. The molecule has 1 amide bonds. The third kappa shape index (κ3) is 2.00. The minimum Gasteiger partial charge on any atom is -0.337 e. The van der Waals surface area contributed by atoms with E-state index in [1.165, 1.54) is 0 Å². The first-order chi connectivity index (χ1) is 7.09. The zero-order valence-corrected chi connectivity index (χ0v) is 9.32. The fourth-order valence-electron chi connectivity index (χ4n) is 1.30. The zero-order chi connectivity index (χ0) is 11.0. The molecule has 1 heterocycles. The number of carbonyl (C=O) groups excluding carboxylic acids is 1. The van der Waals surface area contributed by atoms with Gasteiger partial charge >= 0.3 is 0 Å². The van der Waals surface area contributed by atoms with Crippen LogP contribution in [0.2, 0.25) is 0 Å². The summed E-state index contributed by atoms with van der Waals surface area (Å²) in [7, 11) is 1.76. The lowest BCUT2D eigenvalue weighted by molar-refractivity contribution is 0.0743. The van der Waals surface area contributed by atoms with Crippen molar-refractivity contribution in [1.29, 1.82) is 0 Å². The maximum absolute atomic E-state index is 11.8. The van der Waals surface area contributed by atoms with E-state index in [2.05, 4.69) is 15.2 Å². The van der Waals surface area contributed by atoms with E-state index in [0.717, 1.165) is 18.7 Å². The summed E-state index contributed by atoms with van der Waals surface area (Å²) in [5.74, 6) is 1.53. The number of nitrogens with one attached hydrogen (secondary N) is 1. The number of rotatable bonds is 3. The fraction of sp³-hybridized carbons (Fsp3) is 0.700. The molecule has 82 valence electrons. The van der Waals surface area contributed by atoms with Crippen LogP contribution in [0.1, 0.15) is 49.1 Å². The summed E-state index contributed by atoms with van der Waals surface area (Å²) in [6.45, 7) is 3.93. The third-order valence-corrected chi connectivity index (χ3v) is 2.75. The van der Waals surface area contributed by atoms with E-state index >= 15 is 0 Å². The Bertz CT molecular complexity index is 367. The van der Waals surface area contributed by atoms with Gasteiger partial charge in [0, 0.05) is 19.0 Å². The van der Waals surface area contributed by atoms with Crippen molar-refractivity contribution in [2.45, 2.75) is 38.6 Å². The second kappa shape index (κ2) is 3.64. The van der Waals surface area contributed by atoms with E-state index in [0.29, 0.717) is 5.92 Å². The van der Waals surface area contributed by atoms with Gasteiger partial charge in [-0.15, -0.1) is 5.10 Å². The molecule has 0 aromatic carbocycles. The standard InChI is InChI=1S/C10H16N4O/c1-6(2)14(3)10(15)9-11-8(12-13-9)7-4-5-7/h6-7H,4-5H2,1-3H3,(H,11,12,13). The van der Waals surface area contributed by atoms with Crippen LogP contribution in [0.3, 0.4) is 0 Å². The van der Waals surface area contributed by atoms with Crippen molar-refractivity contribution < 1.29 is 4.79 Å². The van der Waals surface area contributed by atoms with Crippen molar-refractivity contribution in [2.24, 2.45) is 0 Å². The fourth-order valence-corrected chi connectivity index (χ4v) is 1.30. The highest BCUT2D eigenvalue weighted by atomic mass is 16.2. The van der Waals surface area contributed by atoms with Crippen LogP contribution in [0.5, 0.6) is 0 Å². The van der Waals surface area contributed by atoms with Crippen LogP contribution in [0.25, 0.3) is 0 Å². The number of aromatic amines is 1. The van der Waals surface area contributed by atoms with Gasteiger partial charge in [0.15, 0.2) is 0 Å². The molecule has 5 nitrogen and oxygen atoms in total. The Morgan fingerprint density at radius 1 is 1.53 bits per heavy atom. The van der Waals surface area contributed by atoms with Crippen LogP contribution >= 0.6 is 0 Å². The Morgan fingerprint density at radius 3 is 2.73 bits per heavy atom. The topological polar surface area (TPSA) is 61.9 Å². The Kier molecular flexibility index (Phi) is 2.46. The summed E-state index contributed by atoms with van der Waals surface area (Å²) in [5.41, 5.74) is 0. The number of H-pyrrole nitrogens is 1. The van der Waals surface area contributed by atoms with Crippen LogP contribution in [-0.2, 0) is 0 Å². The monoisotopic (exact) mass is 208 g/mol. The number of hydrogen-bond acceptors (Lipinski definition) is 3. The van der Waals surface area contributed by atoms with E-state index < -0.39 is 0 Å². The van der Waals surface area contributed by atoms with Gasteiger partial charge in [0.2, 0.25) is 5.82 Å². The Hall–Kier alpha value is -1.39. The van der Waals surface area contributed by atoms with Crippen molar-refractivity contribution in [1.82, 2.24) is 20.1 Å². The van der Waals surface area contributed by atoms with Crippen molar-refractivity contribution in [2.75, 3.05) is 7.05 Å². The average molecular weight is 208 g/mol. The van der Waals surface area contributed by atoms with Crippen molar-refractivity contribution >= 4 is 5.91 Å². The van der Waals surface area contributed by atoms with Gasteiger partial charge in [0.1, 0.15) is 5.82 Å². The summed E-state index contributed by atoms with van der Waals surface area (Å²) in [5, 5.41) is 6.79. The molecule has 0 spiro atoms. The zero-order valence-electron chi connectivity index (χ0n) is 9.32. The number of carbonyl (C=O) groups is 1. The molecule has 1 N–H and O–H groups in total. The highest BCUT2D eigenvalue weighted by Crippen LogP contribution is 2.37. The maximum atomic E-state index is 11.8. The highest BCUT2D eigenvalue weighted by Gasteiger charge is 2.28. The molecule has 1 saturated carbocycles. The first kappa shape index (κ1) is 10.1. The molecule has 0 saturated heterocycles. The molecule has 2 rings (SSSR count). The quantitative estimate of drug-likeness (QED) is 0.810. The SMILES string of the molecule is CC(C)N(C)C(=O)c1n[nH]c(C2CC2)n1. The lowest BCUT2D eigenvalue weighted by Crippen LogP contribution is -2.33. The van der Waals surface area contributed by atoms with Crippen LogP contribution in [0, 0.1) is 0 Å². The predicted molar refractivity (Wildman–Crippen MR) is 55.6 cm³/mol. The largest absolute Gasteiger partial charge is 0.337 e. The second-order valence-corrected chi connectivity index (χ2v) is 4.33. The molecule has 15 heavy (non-hydrogen) atoms. The molecule has 1 fully saturated rings. The smallest absolute Gasteiger partial charge is 0.293 e. The second-order valence-electron chi connectivity index (χ2n) is 4.33. The minimum absolute atomic E-state index is 0.117. The van der Waals surface area contributed by atoms with Crippen LogP contribution in [-0.4, -0.2) is 39.1 Å². The van der Waals surface area contributed by atoms with E-state index in [4.69, 9.17) is 0 Å². The molecule has 0 aliphatic heterocycles. The normalized spacial score (nSPS) is 15.7. The van der Waals surface area contributed by atoms with Gasteiger partial charge in [-0.2, -0.15) is 0 Å². The molecular formula is C10H16N4O. The number of aromatic nitrogens is 3. The van der Waals surface area contributed by atoms with Crippen molar-refractivity contribution in [3.63, 3.8) is 0 Å². The molecular weight excluding hydrogens is 192 g/mol. The van der Waals surface area contributed by atoms with Gasteiger partial charge in [-0.1, -0.05) is 0 Å². The summed E-state index contributed by atoms with van der Waals surface area (Å²) in [6, 6.07) is 0.167. The van der Waals surface area contributed by atoms with Crippen molar-refractivity contribution in [3.8, 4) is 0 Å². The van der Waals surface area contributed by atoms with E-state index in [1.54, 1.807) is 11.9 Å². The van der Waals surface area contributed by atoms with E-state index in [-0.39, 0.29) is 17.8 Å². The Morgan fingerprint density at radius 2 is 2.20 bits per heavy atom. The summed E-state index contributed by atoms with van der Waals surface area (Å²) < 4.78 is 0. The van der Waals surface area contributed by atoms with Gasteiger partial charge in [0.25, 0.3) is 5.91 Å². The molecule has 1 aromatic rings. The minimum atomic E-state index is -0.117. The maximum Gasteiger partial charge on any atom is 0.293 e. The molecule has 0 radical (unpaired) electrons. The van der Waals surface area contributed by atoms with Gasteiger partial charge in [0.05, 0.1) is 0 Å². The first-order valence-corrected chi connectivity index (χ1v) is 5.29. The number of amides is 1. The van der Waals surface area contributed by atoms with E-state index in [9.17, 15) is 4.79 Å². The number of nitrogens with zero attached hydrogens (tertiary/aromatic N) is 3. The lowest BCUT2D eigenvalue weighted by Gasteiger charge is -2.19. The molecule has 5 heteroatoms. The Balaban J connectivity index is 2.11. The van der Waals surface area contributed by atoms with Crippen LogP contribution in [0.4, 0.5) is 0 Å². The molecule has 1 aromatic heterocycles. The van der Waals surface area contributed by atoms with Gasteiger partial charge < -0.3 is 4.90 Å². The average Bonchev–Trinajstić information content (AvgIpc) is 2.94. The predicted octanol–water partition coefficient (Wildman–Crippen LogP) is 1.16. The van der Waals surface area contributed by atoms with Crippen LogP contribution in [0.15, 0.2) is 0 Å². The Labute approximate surface area is 88.9 Å². The molecule has 0 atom stereocenters.